The largest absolute Gasteiger partial charge is 0.455 e. The molecule has 0 aromatic rings. The van der Waals surface area contributed by atoms with Crippen LogP contribution in [0.15, 0.2) is 23.8 Å². The molecule has 0 bridgehead atoms. The lowest BCUT2D eigenvalue weighted by Crippen LogP contribution is -2.13. The van der Waals surface area contributed by atoms with Gasteiger partial charge in [-0.2, -0.15) is 13.2 Å². The van der Waals surface area contributed by atoms with E-state index in [4.69, 9.17) is 10.0 Å². The average Bonchev–Trinajstić information content (AvgIpc) is 2.01. The molecular formula is C8H12BF3O2. The topological polar surface area (TPSA) is 40.5 Å². The normalized spacial score (nSPS) is 13.7. The van der Waals surface area contributed by atoms with Gasteiger partial charge in [0.15, 0.2) is 0 Å². The van der Waals surface area contributed by atoms with E-state index in [-0.39, 0.29) is 0 Å². The summed E-state index contributed by atoms with van der Waals surface area (Å²) >= 11 is 0. The zero-order chi connectivity index (χ0) is 11.2. The average molecular weight is 208 g/mol. The summed E-state index contributed by atoms with van der Waals surface area (Å²) < 4.78 is 36.6. The Bertz CT molecular complexity index is 221. The second-order valence-corrected chi connectivity index (χ2v) is 2.68. The highest BCUT2D eigenvalue weighted by Crippen LogP contribution is 2.27. The summed E-state index contributed by atoms with van der Waals surface area (Å²) in [5.74, 6) is 0. The van der Waals surface area contributed by atoms with Crippen molar-refractivity contribution < 1.29 is 23.2 Å². The molecule has 0 aliphatic carbocycles. The highest BCUT2D eigenvalue weighted by molar-refractivity contribution is 6.41. The molecule has 0 spiro atoms. The van der Waals surface area contributed by atoms with E-state index >= 15 is 0 Å². The van der Waals surface area contributed by atoms with E-state index in [1.54, 1.807) is 6.92 Å². The number of allylic oxidation sites excluding steroid dienone is 4. The van der Waals surface area contributed by atoms with E-state index in [0.29, 0.717) is 6.42 Å². The molecule has 0 aromatic carbocycles. The third-order valence-corrected chi connectivity index (χ3v) is 1.41. The van der Waals surface area contributed by atoms with Gasteiger partial charge in [0.1, 0.15) is 0 Å². The summed E-state index contributed by atoms with van der Waals surface area (Å²) in [6.45, 7) is 1.71. The fraction of sp³-hybridized carbons (Fsp3) is 0.500. The number of hydrogen-bond acceptors (Lipinski definition) is 2. The fourth-order valence-corrected chi connectivity index (χ4v) is 0.755. The van der Waals surface area contributed by atoms with Gasteiger partial charge < -0.3 is 10.0 Å². The SMILES string of the molecule is CC/C=C\C(=C/CB(O)O)C(F)(F)F. The zero-order valence-corrected chi connectivity index (χ0v) is 7.75. The van der Waals surface area contributed by atoms with E-state index in [0.717, 1.165) is 12.2 Å². The first-order valence-electron chi connectivity index (χ1n) is 4.18. The van der Waals surface area contributed by atoms with Gasteiger partial charge in [-0.25, -0.2) is 0 Å². The molecule has 0 aromatic heterocycles. The molecule has 2 nitrogen and oxygen atoms in total. The molecular weight excluding hydrogens is 196 g/mol. The molecule has 0 fully saturated rings. The smallest absolute Gasteiger partial charge is 0.427 e. The third kappa shape index (κ3) is 5.82. The Morgan fingerprint density at radius 1 is 1.36 bits per heavy atom. The van der Waals surface area contributed by atoms with E-state index < -0.39 is 25.2 Å². The Labute approximate surface area is 80.9 Å². The summed E-state index contributed by atoms with van der Waals surface area (Å²) in [6.07, 6.45) is -1.32. The van der Waals surface area contributed by atoms with Crippen LogP contribution in [0.25, 0.3) is 0 Å². The number of rotatable bonds is 4. The van der Waals surface area contributed by atoms with Gasteiger partial charge in [0.2, 0.25) is 0 Å². The summed E-state index contributed by atoms with van der Waals surface area (Å²) in [5, 5.41) is 16.8. The predicted octanol–water partition coefficient (Wildman–Crippen LogP) is 1.91. The summed E-state index contributed by atoms with van der Waals surface area (Å²) in [4.78, 5) is 0. The third-order valence-electron chi connectivity index (χ3n) is 1.41. The van der Waals surface area contributed by atoms with Crippen molar-refractivity contribution in [2.24, 2.45) is 0 Å². The maximum atomic E-state index is 12.2. The van der Waals surface area contributed by atoms with Crippen molar-refractivity contribution in [2.75, 3.05) is 0 Å². The van der Waals surface area contributed by atoms with Crippen molar-refractivity contribution in [3.8, 4) is 0 Å². The quantitative estimate of drug-likeness (QED) is 0.547. The second-order valence-electron chi connectivity index (χ2n) is 2.68. The van der Waals surface area contributed by atoms with Crippen molar-refractivity contribution in [2.45, 2.75) is 25.8 Å². The number of hydrogen-bond donors (Lipinski definition) is 2. The minimum Gasteiger partial charge on any atom is -0.427 e. The first-order valence-corrected chi connectivity index (χ1v) is 4.18. The molecule has 0 rings (SSSR count). The number of alkyl halides is 3. The van der Waals surface area contributed by atoms with Gasteiger partial charge >= 0.3 is 13.3 Å². The molecule has 0 saturated carbocycles. The highest BCUT2D eigenvalue weighted by Gasteiger charge is 2.31. The molecule has 80 valence electrons. The Kier molecular flexibility index (Phi) is 5.56. The first kappa shape index (κ1) is 13.3. The molecule has 14 heavy (non-hydrogen) atoms. The molecule has 6 heteroatoms. The van der Waals surface area contributed by atoms with Crippen LogP contribution in [0.5, 0.6) is 0 Å². The lowest BCUT2D eigenvalue weighted by atomic mass is 9.85. The lowest BCUT2D eigenvalue weighted by Gasteiger charge is -2.07. The van der Waals surface area contributed by atoms with E-state index in [2.05, 4.69) is 0 Å². The lowest BCUT2D eigenvalue weighted by molar-refractivity contribution is -0.0883. The van der Waals surface area contributed by atoms with Crippen LogP contribution >= 0.6 is 0 Å². The Hall–Kier alpha value is -0.745. The van der Waals surface area contributed by atoms with Crippen molar-refractivity contribution >= 4 is 7.12 Å². The molecule has 0 aliphatic rings. The van der Waals surface area contributed by atoms with Crippen molar-refractivity contribution in [1.29, 1.82) is 0 Å². The van der Waals surface area contributed by atoms with E-state index in [1.807, 2.05) is 0 Å². The molecule has 2 N–H and O–H groups in total. The van der Waals surface area contributed by atoms with Gasteiger partial charge in [-0.15, -0.1) is 0 Å². The predicted molar refractivity (Wildman–Crippen MR) is 48.6 cm³/mol. The fourth-order valence-electron chi connectivity index (χ4n) is 0.755. The highest BCUT2D eigenvalue weighted by atomic mass is 19.4. The van der Waals surface area contributed by atoms with Crippen LogP contribution < -0.4 is 0 Å². The molecule has 0 heterocycles. The van der Waals surface area contributed by atoms with Crippen LogP contribution in [0.4, 0.5) is 13.2 Å². The van der Waals surface area contributed by atoms with Gasteiger partial charge in [0.25, 0.3) is 0 Å². The van der Waals surface area contributed by atoms with Crippen LogP contribution in [-0.2, 0) is 0 Å². The van der Waals surface area contributed by atoms with Crippen LogP contribution in [0.1, 0.15) is 13.3 Å². The molecule has 0 amide bonds. The van der Waals surface area contributed by atoms with Crippen molar-refractivity contribution in [1.82, 2.24) is 0 Å². The second kappa shape index (κ2) is 5.88. The van der Waals surface area contributed by atoms with Crippen LogP contribution in [0.2, 0.25) is 6.32 Å². The minimum absolute atomic E-state index is 0.428. The molecule has 0 unspecified atom stereocenters. The maximum absolute atomic E-state index is 12.2. The standard InChI is InChI=1S/C8H12BF3O2/c1-2-3-4-7(8(10,11)12)5-6-9(13)14/h3-5,13-14H,2,6H2,1H3/b4-3-,7-5+. The molecule has 0 atom stereocenters. The van der Waals surface area contributed by atoms with Gasteiger partial charge in [-0.3, -0.25) is 0 Å². The Balaban J connectivity index is 4.56. The minimum atomic E-state index is -4.44. The van der Waals surface area contributed by atoms with Crippen LogP contribution in [0.3, 0.4) is 0 Å². The van der Waals surface area contributed by atoms with Gasteiger partial charge in [0, 0.05) is 6.32 Å². The zero-order valence-electron chi connectivity index (χ0n) is 7.75. The molecule has 0 saturated heterocycles. The summed E-state index contributed by atoms with van der Waals surface area (Å²) in [7, 11) is -1.75. The molecule has 0 radical (unpaired) electrons. The summed E-state index contributed by atoms with van der Waals surface area (Å²) in [6, 6.07) is 0. The van der Waals surface area contributed by atoms with Crippen LogP contribution in [-0.4, -0.2) is 23.3 Å². The van der Waals surface area contributed by atoms with Gasteiger partial charge in [-0.05, 0) is 6.42 Å². The van der Waals surface area contributed by atoms with Crippen molar-refractivity contribution in [3.63, 3.8) is 0 Å². The van der Waals surface area contributed by atoms with E-state index in [9.17, 15) is 13.2 Å². The number of halogens is 3. The molecule has 0 aliphatic heterocycles. The Morgan fingerprint density at radius 3 is 2.29 bits per heavy atom. The van der Waals surface area contributed by atoms with Crippen molar-refractivity contribution in [3.05, 3.63) is 23.8 Å². The summed E-state index contributed by atoms with van der Waals surface area (Å²) in [5.41, 5.74) is -0.854. The first-order chi connectivity index (χ1) is 6.38. The Morgan fingerprint density at radius 2 is 1.93 bits per heavy atom. The van der Waals surface area contributed by atoms with Gasteiger partial charge in [-0.1, -0.05) is 25.2 Å². The monoisotopic (exact) mass is 208 g/mol. The maximum Gasteiger partial charge on any atom is 0.455 e. The van der Waals surface area contributed by atoms with Crippen LogP contribution in [0, 0.1) is 0 Å². The van der Waals surface area contributed by atoms with E-state index in [1.165, 1.54) is 6.08 Å². The van der Waals surface area contributed by atoms with Gasteiger partial charge in [0.05, 0.1) is 5.57 Å².